The molecule has 0 aromatic carbocycles. The van der Waals surface area contributed by atoms with Crippen molar-refractivity contribution >= 4 is 17.7 Å². The van der Waals surface area contributed by atoms with Crippen LogP contribution in [0.15, 0.2) is 0 Å². The van der Waals surface area contributed by atoms with Gasteiger partial charge < -0.3 is 23.9 Å². The number of thioether (sulfide) groups is 1. The van der Waals surface area contributed by atoms with E-state index in [9.17, 15) is 9.90 Å². The molecular weight excluding hydrogens is 266 g/mol. The van der Waals surface area contributed by atoms with Gasteiger partial charge in [0, 0.05) is 13.1 Å². The van der Waals surface area contributed by atoms with Crippen LogP contribution in [0.2, 0.25) is 0 Å². The number of carboxylic acid groups (broad SMARTS) is 1. The molecule has 0 amide bonds. The lowest BCUT2D eigenvalue weighted by Crippen LogP contribution is -2.42. The predicted octanol–water partition coefficient (Wildman–Crippen LogP) is 0.235. The highest BCUT2D eigenvalue weighted by atomic mass is 32.2. The second-order valence-corrected chi connectivity index (χ2v) is 5.68. The molecule has 6 heteroatoms. The van der Waals surface area contributed by atoms with E-state index in [1.807, 2.05) is 6.26 Å². The SMILES string of the molecule is CC[N+](C)(C)CCOCCOC.CSCCC(=O)[O-]. The van der Waals surface area contributed by atoms with Crippen LogP contribution in [0.25, 0.3) is 0 Å². The third-order valence-corrected chi connectivity index (χ3v) is 3.25. The van der Waals surface area contributed by atoms with Gasteiger partial charge in [0.05, 0.1) is 40.5 Å². The summed E-state index contributed by atoms with van der Waals surface area (Å²) in [4.78, 5) is 9.63. The molecule has 0 saturated carbocycles. The monoisotopic (exact) mass is 295 g/mol. The molecule has 0 heterocycles. The molecule has 19 heavy (non-hydrogen) atoms. The quantitative estimate of drug-likeness (QED) is 0.427. The summed E-state index contributed by atoms with van der Waals surface area (Å²) in [5, 5.41) is 9.63. The Bertz CT molecular complexity index is 213. The molecule has 0 bridgehead atoms. The zero-order chi connectivity index (χ0) is 15.1. The first-order chi connectivity index (χ1) is 8.89. The van der Waals surface area contributed by atoms with E-state index in [-0.39, 0.29) is 6.42 Å². The van der Waals surface area contributed by atoms with Gasteiger partial charge in [-0.3, -0.25) is 0 Å². The molecule has 0 rings (SSSR count). The number of carbonyl (C=O) groups excluding carboxylic acids is 1. The molecule has 0 aliphatic carbocycles. The number of nitrogens with zero attached hydrogens (tertiary/aromatic N) is 1. The topological polar surface area (TPSA) is 58.6 Å². The van der Waals surface area contributed by atoms with Gasteiger partial charge in [0.25, 0.3) is 0 Å². The minimum atomic E-state index is -0.964. The van der Waals surface area contributed by atoms with Crippen LogP contribution < -0.4 is 5.11 Å². The van der Waals surface area contributed by atoms with Crippen molar-refractivity contribution in [3.05, 3.63) is 0 Å². The number of hydrogen-bond acceptors (Lipinski definition) is 5. The Morgan fingerprint density at radius 3 is 2.26 bits per heavy atom. The van der Waals surface area contributed by atoms with Gasteiger partial charge in [-0.05, 0) is 25.4 Å². The van der Waals surface area contributed by atoms with Crippen molar-refractivity contribution in [1.29, 1.82) is 0 Å². The van der Waals surface area contributed by atoms with Crippen LogP contribution >= 0.6 is 11.8 Å². The van der Waals surface area contributed by atoms with E-state index in [1.54, 1.807) is 7.11 Å². The number of hydrogen-bond donors (Lipinski definition) is 0. The maximum atomic E-state index is 9.63. The Morgan fingerprint density at radius 1 is 1.26 bits per heavy atom. The van der Waals surface area contributed by atoms with E-state index in [2.05, 4.69) is 21.0 Å². The average molecular weight is 295 g/mol. The molecule has 0 fully saturated rings. The van der Waals surface area contributed by atoms with Crippen molar-refractivity contribution in [2.24, 2.45) is 0 Å². The lowest BCUT2D eigenvalue weighted by atomic mass is 10.4. The summed E-state index contributed by atoms with van der Waals surface area (Å²) in [6, 6.07) is 0. The Morgan fingerprint density at radius 2 is 1.89 bits per heavy atom. The summed E-state index contributed by atoms with van der Waals surface area (Å²) in [6.45, 7) is 6.63. The van der Waals surface area contributed by atoms with Crippen LogP contribution in [0.3, 0.4) is 0 Å². The zero-order valence-electron chi connectivity index (χ0n) is 12.9. The van der Waals surface area contributed by atoms with Crippen molar-refractivity contribution in [1.82, 2.24) is 0 Å². The highest BCUT2D eigenvalue weighted by Gasteiger charge is 2.10. The number of ether oxygens (including phenoxy) is 2. The molecule has 0 aliphatic heterocycles. The van der Waals surface area contributed by atoms with Crippen molar-refractivity contribution in [2.45, 2.75) is 13.3 Å². The molecule has 0 unspecified atom stereocenters. The molecule has 116 valence electrons. The molecule has 0 radical (unpaired) electrons. The van der Waals surface area contributed by atoms with Gasteiger partial charge in [0.2, 0.25) is 0 Å². The summed E-state index contributed by atoms with van der Waals surface area (Å²) in [5.41, 5.74) is 0. The first kappa shape index (κ1) is 21.0. The Hall–Kier alpha value is -0.300. The summed E-state index contributed by atoms with van der Waals surface area (Å²) < 4.78 is 11.3. The van der Waals surface area contributed by atoms with Crippen molar-refractivity contribution < 1.29 is 23.9 Å². The molecule has 0 aromatic heterocycles. The molecule has 0 aliphatic rings. The summed E-state index contributed by atoms with van der Waals surface area (Å²) in [5.74, 6) is -0.308. The van der Waals surface area contributed by atoms with Gasteiger partial charge in [0.1, 0.15) is 6.54 Å². The van der Waals surface area contributed by atoms with E-state index in [0.29, 0.717) is 19.0 Å². The Labute approximate surface area is 121 Å². The van der Waals surface area contributed by atoms with Gasteiger partial charge >= 0.3 is 0 Å². The van der Waals surface area contributed by atoms with E-state index >= 15 is 0 Å². The summed E-state index contributed by atoms with van der Waals surface area (Å²) in [7, 11) is 6.11. The molecule has 0 N–H and O–H groups in total. The van der Waals surface area contributed by atoms with Crippen LogP contribution in [-0.2, 0) is 14.3 Å². The molecule has 0 saturated heterocycles. The van der Waals surface area contributed by atoms with Gasteiger partial charge in [-0.15, -0.1) is 0 Å². The minimum absolute atomic E-state index is 0.168. The van der Waals surface area contributed by atoms with E-state index in [0.717, 1.165) is 24.2 Å². The fourth-order valence-electron chi connectivity index (χ4n) is 0.900. The van der Waals surface area contributed by atoms with Crippen LogP contribution in [0.4, 0.5) is 0 Å². The maximum absolute atomic E-state index is 9.63. The van der Waals surface area contributed by atoms with Gasteiger partial charge in [-0.2, -0.15) is 11.8 Å². The predicted molar refractivity (Wildman–Crippen MR) is 78.2 cm³/mol. The largest absolute Gasteiger partial charge is 0.550 e. The van der Waals surface area contributed by atoms with Crippen LogP contribution in [0, 0.1) is 0 Å². The number of carbonyl (C=O) groups is 1. The highest BCUT2D eigenvalue weighted by Crippen LogP contribution is 1.94. The molecule has 0 atom stereocenters. The number of carboxylic acids is 1. The summed E-state index contributed by atoms with van der Waals surface area (Å²) >= 11 is 1.51. The van der Waals surface area contributed by atoms with Gasteiger partial charge in [-0.1, -0.05) is 0 Å². The third-order valence-electron chi connectivity index (χ3n) is 2.64. The minimum Gasteiger partial charge on any atom is -0.550 e. The number of quaternary nitrogens is 1. The van der Waals surface area contributed by atoms with Crippen LogP contribution in [0.5, 0.6) is 0 Å². The maximum Gasteiger partial charge on any atom is 0.102 e. The normalized spacial score (nSPS) is 10.8. The molecule has 0 aromatic rings. The van der Waals surface area contributed by atoms with Crippen molar-refractivity contribution in [3.63, 3.8) is 0 Å². The van der Waals surface area contributed by atoms with Crippen molar-refractivity contribution in [2.75, 3.05) is 66.1 Å². The first-order valence-corrected chi connectivity index (χ1v) is 7.86. The number of rotatable bonds is 10. The van der Waals surface area contributed by atoms with Crippen molar-refractivity contribution in [3.8, 4) is 0 Å². The number of aliphatic carboxylic acids is 1. The zero-order valence-corrected chi connectivity index (χ0v) is 13.8. The third kappa shape index (κ3) is 20.2. The van der Waals surface area contributed by atoms with Gasteiger partial charge in [0.15, 0.2) is 0 Å². The molecule has 5 nitrogen and oxygen atoms in total. The number of likely N-dealkylation sites (N-methyl/N-ethyl adjacent to an activating group) is 1. The standard InChI is InChI=1S/C9H22NO2.C4H8O2S/c1-5-10(2,3)6-7-12-9-8-11-4;1-7-3-2-4(5)6/h5-9H2,1-4H3;2-3H2,1H3,(H,5,6)/q+1;/p-1. The van der Waals surface area contributed by atoms with E-state index < -0.39 is 5.97 Å². The van der Waals surface area contributed by atoms with Crippen LogP contribution in [-0.4, -0.2) is 76.6 Å². The Kier molecular flexibility index (Phi) is 15.6. The highest BCUT2D eigenvalue weighted by molar-refractivity contribution is 7.98. The number of methoxy groups -OCH3 is 1. The fraction of sp³-hybridized carbons (Fsp3) is 0.923. The smallest absolute Gasteiger partial charge is 0.102 e. The first-order valence-electron chi connectivity index (χ1n) is 6.47. The average Bonchev–Trinajstić information content (AvgIpc) is 2.37. The Balaban J connectivity index is 0. The van der Waals surface area contributed by atoms with Gasteiger partial charge in [-0.25, -0.2) is 0 Å². The second-order valence-electron chi connectivity index (χ2n) is 4.70. The van der Waals surface area contributed by atoms with E-state index in [4.69, 9.17) is 9.47 Å². The lowest BCUT2D eigenvalue weighted by molar-refractivity contribution is -0.888. The van der Waals surface area contributed by atoms with E-state index in [1.165, 1.54) is 11.8 Å². The second kappa shape index (κ2) is 14.1. The molecular formula is C13H29NO4S. The van der Waals surface area contributed by atoms with Crippen LogP contribution in [0.1, 0.15) is 13.3 Å². The lowest BCUT2D eigenvalue weighted by Gasteiger charge is -2.27. The fourth-order valence-corrected chi connectivity index (χ4v) is 1.27. The summed E-state index contributed by atoms with van der Waals surface area (Å²) in [6.07, 6.45) is 2.03. The molecule has 0 spiro atoms.